The van der Waals surface area contributed by atoms with E-state index in [-0.39, 0.29) is 0 Å². The van der Waals surface area contributed by atoms with Crippen molar-refractivity contribution in [3.05, 3.63) is 30.1 Å². The lowest BCUT2D eigenvalue weighted by molar-refractivity contribution is 0.350. The van der Waals surface area contributed by atoms with Crippen molar-refractivity contribution >= 4 is 11.8 Å². The lowest BCUT2D eigenvalue weighted by Crippen LogP contribution is -2.35. The first kappa shape index (κ1) is 12.9. The molecule has 0 aromatic carbocycles. The van der Waals surface area contributed by atoms with Crippen molar-refractivity contribution in [3.63, 3.8) is 0 Å². The first-order chi connectivity index (χ1) is 8.29. The zero-order chi connectivity index (χ0) is 12.1. The number of pyridine rings is 1. The molecular formula is C14H22N2S. The van der Waals surface area contributed by atoms with Crippen LogP contribution in [0.25, 0.3) is 0 Å². The molecule has 2 rings (SSSR count). The monoisotopic (exact) mass is 250 g/mol. The molecule has 17 heavy (non-hydrogen) atoms. The largest absolute Gasteiger partial charge is 0.306 e. The highest BCUT2D eigenvalue weighted by Gasteiger charge is 2.21. The molecule has 1 aromatic rings. The minimum atomic E-state index is 0.368. The Morgan fingerprint density at radius 2 is 2.06 bits per heavy atom. The predicted octanol–water partition coefficient (Wildman–Crippen LogP) is 3.41. The van der Waals surface area contributed by atoms with Gasteiger partial charge in [-0.15, -0.1) is 0 Å². The summed E-state index contributed by atoms with van der Waals surface area (Å²) in [5, 5.41) is 4.60. The highest BCUT2D eigenvalue weighted by atomic mass is 32.2. The maximum Gasteiger partial charge on any atom is 0.0570 e. The number of nitrogens with one attached hydrogen (secondary N) is 1. The molecule has 0 spiro atoms. The second kappa shape index (κ2) is 6.41. The van der Waals surface area contributed by atoms with Gasteiger partial charge in [-0.2, -0.15) is 11.8 Å². The molecule has 1 unspecified atom stereocenters. The van der Waals surface area contributed by atoms with E-state index in [9.17, 15) is 0 Å². The van der Waals surface area contributed by atoms with Crippen LogP contribution in [0, 0.1) is 0 Å². The summed E-state index contributed by atoms with van der Waals surface area (Å²) >= 11 is 2.02. The lowest BCUT2D eigenvalue weighted by Gasteiger charge is -2.30. The van der Waals surface area contributed by atoms with E-state index in [1.54, 1.807) is 0 Å². The van der Waals surface area contributed by atoms with Gasteiger partial charge in [-0.3, -0.25) is 4.98 Å². The lowest BCUT2D eigenvalue weighted by atomic mass is 9.94. The van der Waals surface area contributed by atoms with Crippen molar-refractivity contribution in [2.24, 2.45) is 0 Å². The molecular weight excluding hydrogens is 228 g/mol. The fourth-order valence-electron chi connectivity index (χ4n) is 2.54. The molecule has 1 heterocycles. The molecule has 0 amide bonds. The molecule has 1 N–H and O–H groups in total. The Kier molecular flexibility index (Phi) is 4.86. The number of hydrogen-bond acceptors (Lipinski definition) is 3. The second-order valence-corrected chi connectivity index (χ2v) is 5.99. The third-order valence-corrected chi connectivity index (χ3v) is 4.76. The molecule has 0 aliphatic heterocycles. The number of thioether (sulfide) groups is 1. The van der Waals surface area contributed by atoms with Gasteiger partial charge in [0.05, 0.1) is 5.69 Å². The Bertz CT molecular complexity index is 320. The summed E-state index contributed by atoms with van der Waals surface area (Å²) in [5.41, 5.74) is 1.15. The fraction of sp³-hybridized carbons (Fsp3) is 0.643. The molecule has 1 fully saturated rings. The zero-order valence-corrected chi connectivity index (χ0v) is 11.5. The molecule has 1 atom stereocenters. The summed E-state index contributed by atoms with van der Waals surface area (Å²) in [7, 11) is 0. The Morgan fingerprint density at radius 3 is 2.65 bits per heavy atom. The van der Waals surface area contributed by atoms with Gasteiger partial charge in [-0.1, -0.05) is 6.07 Å². The van der Waals surface area contributed by atoms with E-state index in [4.69, 9.17) is 0 Å². The van der Waals surface area contributed by atoms with Crippen molar-refractivity contribution in [1.29, 1.82) is 0 Å². The molecule has 1 aliphatic carbocycles. The molecule has 2 nitrogen and oxygen atoms in total. The molecule has 94 valence electrons. The van der Waals surface area contributed by atoms with Crippen molar-refractivity contribution in [2.75, 3.05) is 6.26 Å². The van der Waals surface area contributed by atoms with Crippen molar-refractivity contribution in [2.45, 2.75) is 49.9 Å². The minimum Gasteiger partial charge on any atom is -0.306 e. The van der Waals surface area contributed by atoms with Gasteiger partial charge >= 0.3 is 0 Å². The van der Waals surface area contributed by atoms with Gasteiger partial charge in [-0.25, -0.2) is 0 Å². The second-order valence-electron chi connectivity index (χ2n) is 4.85. The molecule has 1 aromatic heterocycles. The Morgan fingerprint density at radius 1 is 1.29 bits per heavy atom. The van der Waals surface area contributed by atoms with E-state index in [0.717, 1.165) is 10.9 Å². The summed E-state index contributed by atoms with van der Waals surface area (Å²) in [6, 6.07) is 7.18. The first-order valence-electron chi connectivity index (χ1n) is 6.49. The van der Waals surface area contributed by atoms with Crippen LogP contribution in [-0.2, 0) is 0 Å². The van der Waals surface area contributed by atoms with Crippen LogP contribution in [0.3, 0.4) is 0 Å². The van der Waals surface area contributed by atoms with E-state index in [1.807, 2.05) is 24.0 Å². The zero-order valence-electron chi connectivity index (χ0n) is 10.7. The molecule has 3 heteroatoms. The molecule has 0 bridgehead atoms. The Balaban J connectivity index is 1.82. The van der Waals surface area contributed by atoms with Crippen LogP contribution in [0.4, 0.5) is 0 Å². The highest BCUT2D eigenvalue weighted by molar-refractivity contribution is 7.99. The third-order valence-electron chi connectivity index (χ3n) is 3.62. The quantitative estimate of drug-likeness (QED) is 0.886. The number of nitrogens with zero attached hydrogens (tertiary/aromatic N) is 1. The SMILES string of the molecule is CSC1CCC(NC(C)c2ccccn2)CC1. The highest BCUT2D eigenvalue weighted by Crippen LogP contribution is 2.27. The first-order valence-corrected chi connectivity index (χ1v) is 7.78. The van der Waals surface area contributed by atoms with Crippen molar-refractivity contribution in [1.82, 2.24) is 10.3 Å². The fourth-order valence-corrected chi connectivity index (χ4v) is 3.28. The number of rotatable bonds is 4. The third kappa shape index (κ3) is 3.71. The maximum atomic E-state index is 4.41. The van der Waals surface area contributed by atoms with Gasteiger partial charge in [0.15, 0.2) is 0 Å². The maximum absolute atomic E-state index is 4.41. The van der Waals surface area contributed by atoms with Crippen LogP contribution in [0.2, 0.25) is 0 Å². The van der Waals surface area contributed by atoms with Crippen LogP contribution in [-0.4, -0.2) is 22.5 Å². The summed E-state index contributed by atoms with van der Waals surface area (Å²) in [6.45, 7) is 2.21. The van der Waals surface area contributed by atoms with Crippen LogP contribution < -0.4 is 5.32 Å². The van der Waals surface area contributed by atoms with Crippen molar-refractivity contribution < 1.29 is 0 Å². The normalized spacial score (nSPS) is 26.7. The average molecular weight is 250 g/mol. The number of hydrogen-bond donors (Lipinski definition) is 1. The van der Waals surface area contributed by atoms with Crippen LogP contribution in [0.5, 0.6) is 0 Å². The van der Waals surface area contributed by atoms with Gasteiger partial charge in [-0.05, 0) is 51.0 Å². The number of aromatic nitrogens is 1. The van der Waals surface area contributed by atoms with E-state index >= 15 is 0 Å². The topological polar surface area (TPSA) is 24.9 Å². The summed E-state index contributed by atoms with van der Waals surface area (Å²) in [6.07, 6.45) is 9.43. The van der Waals surface area contributed by atoms with Crippen LogP contribution >= 0.6 is 11.8 Å². The van der Waals surface area contributed by atoms with Crippen LogP contribution in [0.15, 0.2) is 24.4 Å². The molecule has 0 radical (unpaired) electrons. The van der Waals surface area contributed by atoms with E-state index in [2.05, 4.69) is 35.6 Å². The Labute approximate surface area is 109 Å². The summed E-state index contributed by atoms with van der Waals surface area (Å²) in [4.78, 5) is 4.41. The van der Waals surface area contributed by atoms with Crippen molar-refractivity contribution in [3.8, 4) is 0 Å². The standard InChI is InChI=1S/C14H22N2S/c1-11(14-5-3-4-10-15-14)16-12-6-8-13(17-2)9-7-12/h3-5,10-13,16H,6-9H2,1-2H3. The van der Waals surface area contributed by atoms with Gasteiger partial charge in [0.2, 0.25) is 0 Å². The average Bonchev–Trinajstić information content (AvgIpc) is 2.40. The van der Waals surface area contributed by atoms with Gasteiger partial charge in [0.25, 0.3) is 0 Å². The smallest absolute Gasteiger partial charge is 0.0570 e. The molecule has 0 saturated heterocycles. The van der Waals surface area contributed by atoms with E-state index < -0.39 is 0 Å². The van der Waals surface area contributed by atoms with E-state index in [1.165, 1.54) is 25.7 Å². The molecule has 1 aliphatic rings. The Hall–Kier alpha value is -0.540. The molecule has 1 saturated carbocycles. The minimum absolute atomic E-state index is 0.368. The van der Waals surface area contributed by atoms with Crippen LogP contribution in [0.1, 0.15) is 44.3 Å². The predicted molar refractivity (Wildman–Crippen MR) is 75.3 cm³/mol. The van der Waals surface area contributed by atoms with E-state index in [0.29, 0.717) is 12.1 Å². The van der Waals surface area contributed by atoms with Gasteiger partial charge in [0, 0.05) is 23.5 Å². The van der Waals surface area contributed by atoms with Gasteiger partial charge in [0.1, 0.15) is 0 Å². The summed E-state index contributed by atoms with van der Waals surface area (Å²) < 4.78 is 0. The summed E-state index contributed by atoms with van der Waals surface area (Å²) in [5.74, 6) is 0. The van der Waals surface area contributed by atoms with Gasteiger partial charge < -0.3 is 5.32 Å².